The lowest BCUT2D eigenvalue weighted by atomic mass is 9.89. The number of fused-ring (bicyclic) bond motifs is 1. The number of Topliss-reactive ketones (excluding diaryl/α,β-unsaturated/α-hetero) is 1. The average Bonchev–Trinajstić information content (AvgIpc) is 3.56. The number of nitrogens with zero attached hydrogens (tertiary/aromatic N) is 5. The van der Waals surface area contributed by atoms with Gasteiger partial charge in [0.25, 0.3) is 0 Å². The van der Waals surface area contributed by atoms with Crippen molar-refractivity contribution in [3.8, 4) is 11.1 Å². The molecule has 2 aromatic heterocycles. The van der Waals surface area contributed by atoms with Gasteiger partial charge in [-0.1, -0.05) is 43.3 Å². The Balaban J connectivity index is 1.27. The van der Waals surface area contributed by atoms with E-state index in [0.717, 1.165) is 48.5 Å². The van der Waals surface area contributed by atoms with E-state index in [9.17, 15) is 9.90 Å². The molecule has 4 aromatic rings. The fraction of sp³-hybridized carbons (Fsp3) is 0.393. The van der Waals surface area contributed by atoms with Crippen molar-refractivity contribution in [2.75, 3.05) is 31.1 Å². The van der Waals surface area contributed by atoms with Gasteiger partial charge >= 0.3 is 0 Å². The molecular weight excluding hydrogens is 487 g/mol. The van der Waals surface area contributed by atoms with Crippen molar-refractivity contribution in [3.05, 3.63) is 65.8 Å². The average molecular weight is 517 g/mol. The molecule has 4 heterocycles. The maximum Gasteiger partial charge on any atom is 0.229 e. The van der Waals surface area contributed by atoms with E-state index in [1.807, 2.05) is 32.0 Å². The number of aromatic nitrogens is 4. The summed E-state index contributed by atoms with van der Waals surface area (Å²) in [5.74, 6) is 1.65. The minimum atomic E-state index is -1.85. The molecule has 0 bridgehead atoms. The Morgan fingerprint density at radius 3 is 2.68 bits per heavy atom. The molecule has 2 saturated heterocycles. The van der Waals surface area contributed by atoms with E-state index < -0.39 is 17.2 Å². The lowest BCUT2D eigenvalue weighted by Gasteiger charge is -2.32. The number of ketones is 1. The summed E-state index contributed by atoms with van der Waals surface area (Å²) < 4.78 is 20.6. The first-order valence-electron chi connectivity index (χ1n) is 12.9. The molecule has 1 unspecified atom stereocenters. The van der Waals surface area contributed by atoms with Crippen LogP contribution in [0.25, 0.3) is 22.0 Å². The smallest absolute Gasteiger partial charge is 0.229 e. The van der Waals surface area contributed by atoms with Gasteiger partial charge in [0.05, 0.1) is 12.1 Å². The highest BCUT2D eigenvalue weighted by Gasteiger charge is 2.43. The normalized spacial score (nSPS) is 20.7. The summed E-state index contributed by atoms with van der Waals surface area (Å²) in [7, 11) is 0. The molecule has 0 saturated carbocycles. The van der Waals surface area contributed by atoms with Gasteiger partial charge in [0.2, 0.25) is 5.89 Å². The molecule has 2 fully saturated rings. The van der Waals surface area contributed by atoms with E-state index >= 15 is 4.39 Å². The summed E-state index contributed by atoms with van der Waals surface area (Å²) in [5, 5.41) is 18.6. The molecule has 0 aliphatic carbocycles. The highest BCUT2D eigenvalue weighted by atomic mass is 19.1. The zero-order valence-corrected chi connectivity index (χ0v) is 21.3. The Morgan fingerprint density at radius 1 is 1.18 bits per heavy atom. The van der Waals surface area contributed by atoms with E-state index in [0.29, 0.717) is 17.0 Å². The number of halogens is 1. The van der Waals surface area contributed by atoms with Crippen LogP contribution in [-0.2, 0) is 10.4 Å². The van der Waals surface area contributed by atoms with Gasteiger partial charge in [-0.25, -0.2) is 14.4 Å². The third kappa shape index (κ3) is 4.13. The second-order valence-electron chi connectivity index (χ2n) is 10.4. The van der Waals surface area contributed by atoms with Gasteiger partial charge in [0.15, 0.2) is 17.2 Å². The fourth-order valence-corrected chi connectivity index (χ4v) is 5.42. The molecule has 0 radical (unpaired) electrons. The van der Waals surface area contributed by atoms with Crippen LogP contribution in [0.4, 0.5) is 10.2 Å². The van der Waals surface area contributed by atoms with Gasteiger partial charge < -0.3 is 19.8 Å². The van der Waals surface area contributed by atoms with Crippen LogP contribution < -0.4 is 10.2 Å². The Hall–Kier alpha value is -3.76. The van der Waals surface area contributed by atoms with E-state index in [4.69, 9.17) is 4.52 Å². The highest BCUT2D eigenvalue weighted by molar-refractivity contribution is 5.99. The standard InChI is InChI=1S/C28H29FN6O3/c1-16(2)27-33-25(34-38-27)17-8-10-35(11-9-17)26-20-5-3-4-19(24(20)31-15-32-26)18-6-7-21(22(29)12-18)28(37)14-30-13-23(28)36/h3-7,12,15-17,30,37H,8-11,13-14H2,1-2H3. The van der Waals surface area contributed by atoms with Crippen LogP contribution in [0.3, 0.4) is 0 Å². The number of carbonyl (C=O) groups is 1. The highest BCUT2D eigenvalue weighted by Crippen LogP contribution is 2.36. The third-order valence-corrected chi connectivity index (χ3v) is 7.61. The summed E-state index contributed by atoms with van der Waals surface area (Å²) in [4.78, 5) is 28.2. The number of para-hydroxylation sites is 1. The predicted molar refractivity (Wildman–Crippen MR) is 139 cm³/mol. The number of rotatable bonds is 5. The van der Waals surface area contributed by atoms with Crippen LogP contribution in [0.1, 0.15) is 55.8 Å². The summed E-state index contributed by atoms with van der Waals surface area (Å²) in [6.07, 6.45) is 3.30. The minimum Gasteiger partial charge on any atom is -0.376 e. The molecule has 10 heteroatoms. The number of piperidine rings is 1. The zero-order chi connectivity index (χ0) is 26.4. The first kappa shape index (κ1) is 24.6. The first-order chi connectivity index (χ1) is 18.3. The van der Waals surface area contributed by atoms with Crippen LogP contribution in [-0.4, -0.2) is 57.2 Å². The monoisotopic (exact) mass is 516 g/mol. The molecule has 9 nitrogen and oxygen atoms in total. The first-order valence-corrected chi connectivity index (χ1v) is 12.9. The summed E-state index contributed by atoms with van der Waals surface area (Å²) in [5.41, 5.74) is 0.212. The van der Waals surface area contributed by atoms with Gasteiger partial charge in [-0.15, -0.1) is 0 Å². The molecule has 2 aromatic carbocycles. The van der Waals surface area contributed by atoms with Crippen molar-refractivity contribution in [3.63, 3.8) is 0 Å². The molecule has 2 aliphatic rings. The molecule has 38 heavy (non-hydrogen) atoms. The van der Waals surface area contributed by atoms with Crippen molar-refractivity contribution in [1.29, 1.82) is 0 Å². The maximum atomic E-state index is 15.2. The van der Waals surface area contributed by atoms with Crippen LogP contribution >= 0.6 is 0 Å². The number of hydrogen-bond acceptors (Lipinski definition) is 9. The van der Waals surface area contributed by atoms with Crippen LogP contribution in [0.2, 0.25) is 0 Å². The number of hydrogen-bond donors (Lipinski definition) is 2. The van der Waals surface area contributed by atoms with E-state index in [-0.39, 0.29) is 30.5 Å². The number of benzene rings is 2. The second kappa shape index (κ2) is 9.52. The zero-order valence-electron chi connectivity index (χ0n) is 21.3. The van der Waals surface area contributed by atoms with Gasteiger partial charge in [0.1, 0.15) is 18.0 Å². The maximum absolute atomic E-state index is 15.2. The number of β-amino-alcohol motifs (C(OH)–C–C–N with tert-alkyl or cyclic N) is 1. The molecule has 196 valence electrons. The lowest BCUT2D eigenvalue weighted by Crippen LogP contribution is -2.36. The van der Waals surface area contributed by atoms with Crippen molar-refractivity contribution in [2.45, 2.75) is 44.1 Å². The van der Waals surface area contributed by atoms with Crippen molar-refractivity contribution < 1.29 is 18.8 Å². The Morgan fingerprint density at radius 2 is 2.00 bits per heavy atom. The molecular formula is C28H29FN6O3. The summed E-state index contributed by atoms with van der Waals surface area (Å²) in [6, 6.07) is 10.3. The van der Waals surface area contributed by atoms with E-state index in [2.05, 4.69) is 30.3 Å². The van der Waals surface area contributed by atoms with Gasteiger partial charge in [-0.05, 0) is 30.5 Å². The number of anilines is 1. The Kier molecular flexibility index (Phi) is 6.16. The van der Waals surface area contributed by atoms with Gasteiger partial charge in [0, 0.05) is 48.0 Å². The van der Waals surface area contributed by atoms with Crippen molar-refractivity contribution in [1.82, 2.24) is 25.4 Å². The van der Waals surface area contributed by atoms with Crippen molar-refractivity contribution in [2.24, 2.45) is 0 Å². The van der Waals surface area contributed by atoms with Crippen LogP contribution in [0, 0.1) is 5.82 Å². The fourth-order valence-electron chi connectivity index (χ4n) is 5.42. The van der Waals surface area contributed by atoms with Crippen molar-refractivity contribution >= 4 is 22.5 Å². The quantitative estimate of drug-likeness (QED) is 0.410. The molecule has 0 spiro atoms. The molecule has 1 atom stereocenters. The topological polar surface area (TPSA) is 117 Å². The number of carbonyl (C=O) groups excluding carboxylic acids is 1. The molecule has 2 N–H and O–H groups in total. The Bertz CT molecular complexity index is 1510. The van der Waals surface area contributed by atoms with Crippen LogP contribution in [0.15, 0.2) is 47.2 Å². The predicted octanol–water partition coefficient (Wildman–Crippen LogP) is 3.69. The number of aliphatic hydroxyl groups is 1. The minimum absolute atomic E-state index is 0.00471. The summed E-state index contributed by atoms with van der Waals surface area (Å²) >= 11 is 0. The van der Waals surface area contributed by atoms with Gasteiger partial charge in [-0.2, -0.15) is 4.98 Å². The second-order valence-corrected chi connectivity index (χ2v) is 10.4. The third-order valence-electron chi connectivity index (χ3n) is 7.61. The van der Waals surface area contributed by atoms with E-state index in [1.54, 1.807) is 6.07 Å². The molecule has 6 rings (SSSR count). The van der Waals surface area contributed by atoms with Gasteiger partial charge in [-0.3, -0.25) is 4.79 Å². The SMILES string of the molecule is CC(C)c1nc(C2CCN(c3ncnc4c(-c5ccc(C6(O)CNCC6=O)c(F)c5)cccc34)CC2)no1. The number of nitrogens with one attached hydrogen (secondary N) is 1. The van der Waals surface area contributed by atoms with Crippen LogP contribution in [0.5, 0.6) is 0 Å². The Labute approximate surface area is 219 Å². The lowest BCUT2D eigenvalue weighted by molar-refractivity contribution is -0.132. The van der Waals surface area contributed by atoms with E-state index in [1.165, 1.54) is 18.5 Å². The molecule has 2 aliphatic heterocycles. The molecule has 0 amide bonds. The largest absolute Gasteiger partial charge is 0.376 e. The summed E-state index contributed by atoms with van der Waals surface area (Å²) in [6.45, 7) is 5.66.